The molecule has 24 heavy (non-hydrogen) atoms. The second-order valence-corrected chi connectivity index (χ2v) is 6.95. The number of fused-ring (bicyclic) bond motifs is 1. The molecule has 0 radical (unpaired) electrons. The maximum absolute atomic E-state index is 14.0. The van der Waals surface area contributed by atoms with Crippen molar-refractivity contribution in [2.24, 2.45) is 4.40 Å². The van der Waals surface area contributed by atoms with Crippen LogP contribution in [-0.2, 0) is 10.0 Å². The SMILES string of the molecule is CCNC1=NS(=O)(=O)c2cc(F)cc(-c3cccc(F)c3Cl)c2N1. The highest BCUT2D eigenvalue weighted by Gasteiger charge is 2.29. The molecule has 0 fully saturated rings. The van der Waals surface area contributed by atoms with Gasteiger partial charge in [0.15, 0.2) is 0 Å². The smallest absolute Gasteiger partial charge is 0.287 e. The third-order valence-corrected chi connectivity index (χ3v) is 5.07. The van der Waals surface area contributed by atoms with Crippen molar-refractivity contribution in [1.82, 2.24) is 5.32 Å². The molecule has 2 aromatic carbocycles. The fraction of sp³-hybridized carbons (Fsp3) is 0.133. The van der Waals surface area contributed by atoms with E-state index in [1.54, 1.807) is 6.92 Å². The first kappa shape index (κ1) is 16.7. The van der Waals surface area contributed by atoms with Crippen molar-refractivity contribution >= 4 is 33.3 Å². The molecule has 2 N–H and O–H groups in total. The molecule has 0 unspecified atom stereocenters. The average molecular weight is 372 g/mol. The summed E-state index contributed by atoms with van der Waals surface area (Å²) in [4.78, 5) is -0.334. The molecule has 126 valence electrons. The Morgan fingerprint density at radius 2 is 2.00 bits per heavy atom. The number of halogens is 3. The Bertz CT molecular complexity index is 961. The fourth-order valence-corrected chi connectivity index (χ4v) is 3.75. The lowest BCUT2D eigenvalue weighted by molar-refractivity contribution is 0.592. The predicted molar refractivity (Wildman–Crippen MR) is 88.7 cm³/mol. The summed E-state index contributed by atoms with van der Waals surface area (Å²) in [6.07, 6.45) is 0. The monoisotopic (exact) mass is 371 g/mol. The number of guanidine groups is 1. The Morgan fingerprint density at radius 3 is 2.71 bits per heavy atom. The van der Waals surface area contributed by atoms with Gasteiger partial charge in [-0.1, -0.05) is 23.7 Å². The number of hydrogen-bond acceptors (Lipinski definition) is 4. The maximum atomic E-state index is 14.0. The summed E-state index contributed by atoms with van der Waals surface area (Å²) < 4.78 is 55.9. The first-order chi connectivity index (χ1) is 11.3. The third kappa shape index (κ3) is 2.83. The quantitative estimate of drug-likeness (QED) is 0.849. The lowest BCUT2D eigenvalue weighted by atomic mass is 10.0. The van der Waals surface area contributed by atoms with Crippen LogP contribution in [-0.4, -0.2) is 20.9 Å². The van der Waals surface area contributed by atoms with E-state index in [1.165, 1.54) is 12.1 Å². The number of sulfonamides is 1. The van der Waals surface area contributed by atoms with Crippen molar-refractivity contribution in [3.8, 4) is 11.1 Å². The minimum absolute atomic E-state index is 0.00498. The van der Waals surface area contributed by atoms with Crippen LogP contribution < -0.4 is 10.6 Å². The van der Waals surface area contributed by atoms with E-state index in [0.717, 1.165) is 18.2 Å². The maximum Gasteiger partial charge on any atom is 0.287 e. The van der Waals surface area contributed by atoms with Gasteiger partial charge in [0.1, 0.15) is 16.5 Å². The Labute approximate surface area is 142 Å². The summed E-state index contributed by atoms with van der Waals surface area (Å²) in [5, 5.41) is 5.34. The summed E-state index contributed by atoms with van der Waals surface area (Å²) in [6.45, 7) is 2.19. The van der Waals surface area contributed by atoms with Crippen LogP contribution in [0.3, 0.4) is 0 Å². The van der Waals surface area contributed by atoms with Gasteiger partial charge in [-0.25, -0.2) is 8.78 Å². The van der Waals surface area contributed by atoms with E-state index in [2.05, 4.69) is 15.0 Å². The third-order valence-electron chi connectivity index (χ3n) is 3.39. The van der Waals surface area contributed by atoms with Gasteiger partial charge in [0.05, 0.1) is 10.7 Å². The molecule has 0 atom stereocenters. The molecule has 0 amide bonds. The van der Waals surface area contributed by atoms with Crippen molar-refractivity contribution in [3.63, 3.8) is 0 Å². The number of benzene rings is 2. The molecule has 0 saturated carbocycles. The van der Waals surface area contributed by atoms with Gasteiger partial charge in [-0.2, -0.15) is 8.42 Å². The second-order valence-electron chi connectivity index (χ2n) is 5.00. The van der Waals surface area contributed by atoms with Crippen molar-refractivity contribution in [2.75, 3.05) is 11.9 Å². The normalized spacial score (nSPS) is 15.2. The molecular weight excluding hydrogens is 360 g/mol. The summed E-state index contributed by atoms with van der Waals surface area (Å²) in [6, 6.07) is 6.00. The molecule has 2 aromatic rings. The van der Waals surface area contributed by atoms with Gasteiger partial charge in [-0.3, -0.25) is 0 Å². The lowest BCUT2D eigenvalue weighted by Crippen LogP contribution is -2.34. The summed E-state index contributed by atoms with van der Waals surface area (Å²) in [5.74, 6) is -1.48. The van der Waals surface area contributed by atoms with Crippen molar-refractivity contribution in [1.29, 1.82) is 0 Å². The van der Waals surface area contributed by atoms with Crippen molar-refractivity contribution < 1.29 is 17.2 Å². The summed E-state index contributed by atoms with van der Waals surface area (Å²) in [7, 11) is -4.10. The molecule has 1 aliphatic rings. The number of anilines is 1. The largest absolute Gasteiger partial charge is 0.355 e. The van der Waals surface area contributed by atoms with Gasteiger partial charge in [0.2, 0.25) is 5.96 Å². The van der Waals surface area contributed by atoms with Gasteiger partial charge in [0.25, 0.3) is 10.0 Å². The second kappa shape index (κ2) is 6.03. The van der Waals surface area contributed by atoms with E-state index in [-0.39, 0.29) is 32.7 Å². The topological polar surface area (TPSA) is 70.6 Å². The molecule has 0 aromatic heterocycles. The molecule has 9 heteroatoms. The van der Waals surface area contributed by atoms with Crippen LogP contribution in [0, 0.1) is 11.6 Å². The molecule has 0 bridgehead atoms. The Hall–Kier alpha value is -2.19. The fourth-order valence-electron chi connectivity index (χ4n) is 2.39. The van der Waals surface area contributed by atoms with Crippen molar-refractivity contribution in [2.45, 2.75) is 11.8 Å². The van der Waals surface area contributed by atoms with Gasteiger partial charge < -0.3 is 10.6 Å². The lowest BCUT2D eigenvalue weighted by Gasteiger charge is -2.22. The first-order valence-electron chi connectivity index (χ1n) is 6.97. The van der Waals surface area contributed by atoms with E-state index in [0.29, 0.717) is 6.54 Å². The van der Waals surface area contributed by atoms with E-state index in [4.69, 9.17) is 11.6 Å². The van der Waals surface area contributed by atoms with Crippen LogP contribution in [0.5, 0.6) is 0 Å². The average Bonchev–Trinajstić information content (AvgIpc) is 2.50. The van der Waals surface area contributed by atoms with Crippen molar-refractivity contribution in [3.05, 3.63) is 47.0 Å². The highest BCUT2D eigenvalue weighted by atomic mass is 35.5. The van der Waals surface area contributed by atoms with E-state index < -0.39 is 21.7 Å². The van der Waals surface area contributed by atoms with Crippen LogP contribution in [0.1, 0.15) is 6.92 Å². The minimum atomic E-state index is -4.10. The van der Waals surface area contributed by atoms with Gasteiger partial charge in [0, 0.05) is 17.7 Å². The number of rotatable bonds is 2. The highest BCUT2D eigenvalue weighted by molar-refractivity contribution is 7.90. The highest BCUT2D eigenvalue weighted by Crippen LogP contribution is 2.40. The Balaban J connectivity index is 2.29. The molecule has 0 aliphatic carbocycles. The Kier molecular flexibility index (Phi) is 4.18. The number of nitrogens with one attached hydrogen (secondary N) is 2. The first-order valence-corrected chi connectivity index (χ1v) is 8.79. The minimum Gasteiger partial charge on any atom is -0.355 e. The molecular formula is C15H12ClF2N3O2S. The zero-order valence-electron chi connectivity index (χ0n) is 12.4. The molecule has 5 nitrogen and oxygen atoms in total. The van der Waals surface area contributed by atoms with E-state index in [9.17, 15) is 17.2 Å². The van der Waals surface area contributed by atoms with Gasteiger partial charge in [-0.15, -0.1) is 4.40 Å². The van der Waals surface area contributed by atoms with Crippen LogP contribution in [0.15, 0.2) is 39.6 Å². The molecule has 1 heterocycles. The zero-order chi connectivity index (χ0) is 17.5. The Morgan fingerprint density at radius 1 is 1.25 bits per heavy atom. The molecule has 0 saturated heterocycles. The standard InChI is InChI=1S/C15H12ClF2N3O2S/c1-2-19-15-20-14-10(9-4-3-5-11(18)13(9)16)6-8(17)7-12(14)24(22,23)21-15/h3-7H,2H2,1H3,(H2,19,20,21). The van der Waals surface area contributed by atoms with Crippen LogP contribution in [0.2, 0.25) is 5.02 Å². The number of hydrogen-bond donors (Lipinski definition) is 2. The summed E-state index contributed by atoms with van der Waals surface area (Å²) >= 11 is 5.97. The molecule has 3 rings (SSSR count). The predicted octanol–water partition coefficient (Wildman–Crippen LogP) is 3.36. The van der Waals surface area contributed by atoms with Crippen LogP contribution in [0.4, 0.5) is 14.5 Å². The van der Waals surface area contributed by atoms with Gasteiger partial charge in [-0.05, 0) is 25.1 Å². The molecule has 1 aliphatic heterocycles. The van der Waals surface area contributed by atoms with Crippen LogP contribution in [0.25, 0.3) is 11.1 Å². The van der Waals surface area contributed by atoms with E-state index >= 15 is 0 Å². The zero-order valence-corrected chi connectivity index (χ0v) is 14.0. The molecule has 0 spiro atoms. The summed E-state index contributed by atoms with van der Waals surface area (Å²) in [5.41, 5.74) is 0.395. The van der Waals surface area contributed by atoms with E-state index in [1.807, 2.05) is 0 Å². The van der Waals surface area contributed by atoms with Gasteiger partial charge >= 0.3 is 0 Å². The number of nitrogens with zero attached hydrogens (tertiary/aromatic N) is 1. The van der Waals surface area contributed by atoms with Crippen LogP contribution >= 0.6 is 11.6 Å².